The highest BCUT2D eigenvalue weighted by atomic mass is 16.5. The molecule has 35 heavy (non-hydrogen) atoms. The summed E-state index contributed by atoms with van der Waals surface area (Å²) in [5, 5.41) is 14.6. The molecule has 0 amide bonds. The summed E-state index contributed by atoms with van der Waals surface area (Å²) in [4.78, 5) is 2.72. The van der Waals surface area contributed by atoms with E-state index in [1.54, 1.807) is 7.11 Å². The number of aliphatic hydroxyl groups is 1. The molecule has 0 spiro atoms. The van der Waals surface area contributed by atoms with E-state index >= 15 is 0 Å². The van der Waals surface area contributed by atoms with Gasteiger partial charge in [-0.2, -0.15) is 0 Å². The number of methoxy groups -OCH3 is 1. The van der Waals surface area contributed by atoms with Crippen molar-refractivity contribution < 1.29 is 9.84 Å². The van der Waals surface area contributed by atoms with E-state index < -0.39 is 5.60 Å². The fourth-order valence-electron chi connectivity index (χ4n) is 6.22. The van der Waals surface area contributed by atoms with Gasteiger partial charge >= 0.3 is 0 Å². The summed E-state index contributed by atoms with van der Waals surface area (Å²) in [6, 6.07) is 28.8. The summed E-state index contributed by atoms with van der Waals surface area (Å²) < 4.78 is 5.70. The van der Waals surface area contributed by atoms with Gasteiger partial charge in [0.1, 0.15) is 5.75 Å². The maximum Gasteiger partial charge on any atom is 0.123 e. The van der Waals surface area contributed by atoms with Crippen LogP contribution in [-0.2, 0) is 12.1 Å². The zero-order valence-corrected chi connectivity index (χ0v) is 21.2. The molecule has 3 fully saturated rings. The fourth-order valence-corrected chi connectivity index (χ4v) is 6.22. The van der Waals surface area contributed by atoms with Crippen molar-refractivity contribution in [2.75, 3.05) is 20.2 Å². The van der Waals surface area contributed by atoms with Crippen LogP contribution in [0.4, 0.5) is 0 Å². The van der Waals surface area contributed by atoms with Crippen LogP contribution < -0.4 is 10.1 Å². The third-order valence-corrected chi connectivity index (χ3v) is 8.05. The van der Waals surface area contributed by atoms with Crippen molar-refractivity contribution in [3.05, 3.63) is 101 Å². The SMILES string of the molecule is COc1ccc(C(C)(C)O)cc1CNC1C2CCN(CC2)C1C(c1ccccc1)c1ccccc1. The Balaban J connectivity index is 1.48. The molecule has 2 unspecified atom stereocenters. The molecule has 0 aliphatic carbocycles. The van der Waals surface area contributed by atoms with E-state index in [4.69, 9.17) is 4.74 Å². The molecule has 3 saturated heterocycles. The monoisotopic (exact) mass is 470 g/mol. The van der Waals surface area contributed by atoms with E-state index in [1.165, 1.54) is 37.1 Å². The van der Waals surface area contributed by atoms with Crippen LogP contribution in [0, 0.1) is 5.92 Å². The molecule has 3 aliphatic heterocycles. The lowest BCUT2D eigenvalue weighted by atomic mass is 9.70. The van der Waals surface area contributed by atoms with Crippen LogP contribution in [-0.4, -0.2) is 42.3 Å². The Kier molecular flexibility index (Phi) is 6.97. The summed E-state index contributed by atoms with van der Waals surface area (Å²) in [6.45, 7) is 6.72. The maximum atomic E-state index is 10.6. The molecule has 3 aromatic carbocycles. The average molecular weight is 471 g/mol. The van der Waals surface area contributed by atoms with Gasteiger partial charge in [-0.05, 0) is 74.5 Å². The maximum absolute atomic E-state index is 10.6. The van der Waals surface area contributed by atoms with Crippen LogP contribution in [0.1, 0.15) is 54.9 Å². The second-order valence-corrected chi connectivity index (χ2v) is 10.7. The van der Waals surface area contributed by atoms with Gasteiger partial charge in [-0.15, -0.1) is 0 Å². The number of nitrogens with one attached hydrogen (secondary N) is 1. The summed E-state index contributed by atoms with van der Waals surface area (Å²) in [6.07, 6.45) is 2.48. The van der Waals surface area contributed by atoms with E-state index in [2.05, 4.69) is 76.9 Å². The van der Waals surface area contributed by atoms with Crippen molar-refractivity contribution in [1.82, 2.24) is 10.2 Å². The quantitative estimate of drug-likeness (QED) is 0.469. The highest BCUT2D eigenvalue weighted by Crippen LogP contribution is 2.42. The van der Waals surface area contributed by atoms with Crippen LogP contribution in [0.25, 0.3) is 0 Å². The first kappa shape index (κ1) is 24.1. The number of benzene rings is 3. The summed E-state index contributed by atoms with van der Waals surface area (Å²) in [7, 11) is 1.72. The van der Waals surface area contributed by atoms with Crippen molar-refractivity contribution in [2.45, 2.75) is 56.8 Å². The van der Waals surface area contributed by atoms with Gasteiger partial charge in [0.2, 0.25) is 0 Å². The van der Waals surface area contributed by atoms with Gasteiger partial charge in [0.15, 0.2) is 0 Å². The summed E-state index contributed by atoms with van der Waals surface area (Å²) >= 11 is 0. The Labute approximate surface area is 209 Å². The molecule has 6 rings (SSSR count). The van der Waals surface area contributed by atoms with Crippen LogP contribution >= 0.6 is 0 Å². The predicted molar refractivity (Wildman–Crippen MR) is 142 cm³/mol. The third kappa shape index (κ3) is 5.02. The Bertz CT molecular complexity index is 1060. The number of hydrogen-bond acceptors (Lipinski definition) is 4. The van der Waals surface area contributed by atoms with Crippen LogP contribution in [0.15, 0.2) is 78.9 Å². The van der Waals surface area contributed by atoms with Gasteiger partial charge in [0.25, 0.3) is 0 Å². The molecule has 3 aliphatic rings. The van der Waals surface area contributed by atoms with Crippen molar-refractivity contribution in [1.29, 1.82) is 0 Å². The molecule has 184 valence electrons. The van der Waals surface area contributed by atoms with E-state index in [-0.39, 0.29) is 0 Å². The standard InChI is InChI=1S/C31H38N2O2/c1-31(2,34)26-14-15-27(35-3)25(20-26)21-32-29-24-16-18-33(19-17-24)30(29)28(22-10-6-4-7-11-22)23-12-8-5-9-13-23/h4-15,20,24,28-30,32,34H,16-19,21H2,1-3H3. The van der Waals surface area contributed by atoms with Crippen LogP contribution in [0.5, 0.6) is 5.75 Å². The number of ether oxygens (including phenoxy) is 1. The zero-order chi connectivity index (χ0) is 24.4. The second kappa shape index (κ2) is 10.1. The molecule has 0 radical (unpaired) electrons. The van der Waals surface area contributed by atoms with Gasteiger partial charge in [-0.3, -0.25) is 4.90 Å². The molecular weight excluding hydrogens is 432 g/mol. The van der Waals surface area contributed by atoms with E-state index in [1.807, 2.05) is 26.0 Å². The smallest absolute Gasteiger partial charge is 0.123 e. The molecular formula is C31H38N2O2. The fraction of sp³-hybridized carbons (Fsp3) is 0.419. The summed E-state index contributed by atoms with van der Waals surface area (Å²) in [5.41, 5.74) is 3.88. The molecule has 2 bridgehead atoms. The van der Waals surface area contributed by atoms with Gasteiger partial charge in [-0.25, -0.2) is 0 Å². The first-order chi connectivity index (χ1) is 17.0. The zero-order valence-electron chi connectivity index (χ0n) is 21.2. The van der Waals surface area contributed by atoms with Gasteiger partial charge in [-0.1, -0.05) is 66.7 Å². The van der Waals surface area contributed by atoms with E-state index in [0.29, 0.717) is 23.9 Å². The van der Waals surface area contributed by atoms with Crippen molar-refractivity contribution >= 4 is 0 Å². The minimum Gasteiger partial charge on any atom is -0.496 e. The molecule has 3 aromatic rings. The lowest BCUT2D eigenvalue weighted by Gasteiger charge is -2.54. The van der Waals surface area contributed by atoms with Crippen molar-refractivity contribution in [3.63, 3.8) is 0 Å². The number of hydrogen-bond donors (Lipinski definition) is 2. The molecule has 0 saturated carbocycles. The number of nitrogens with zero attached hydrogens (tertiary/aromatic N) is 1. The number of rotatable bonds is 8. The van der Waals surface area contributed by atoms with Gasteiger partial charge < -0.3 is 15.2 Å². The van der Waals surface area contributed by atoms with Crippen molar-refractivity contribution in [3.8, 4) is 5.75 Å². The van der Waals surface area contributed by atoms with Crippen molar-refractivity contribution in [2.24, 2.45) is 5.92 Å². The Hall–Kier alpha value is -2.66. The normalized spacial score (nSPS) is 24.0. The lowest BCUT2D eigenvalue weighted by Crippen LogP contribution is -2.64. The molecule has 3 heterocycles. The molecule has 4 heteroatoms. The largest absolute Gasteiger partial charge is 0.496 e. The van der Waals surface area contributed by atoms with Gasteiger partial charge in [0, 0.05) is 30.1 Å². The Morgan fingerprint density at radius 1 is 0.943 bits per heavy atom. The van der Waals surface area contributed by atoms with E-state index in [9.17, 15) is 5.11 Å². The second-order valence-electron chi connectivity index (χ2n) is 10.7. The average Bonchev–Trinajstić information content (AvgIpc) is 2.89. The first-order valence-electron chi connectivity index (χ1n) is 12.9. The minimum absolute atomic E-state index is 0.308. The molecule has 2 atom stereocenters. The molecule has 4 nitrogen and oxygen atoms in total. The molecule has 2 N–H and O–H groups in total. The highest BCUT2D eigenvalue weighted by Gasteiger charge is 2.46. The minimum atomic E-state index is -0.884. The Morgan fingerprint density at radius 2 is 1.54 bits per heavy atom. The molecule has 0 aromatic heterocycles. The number of fused-ring (bicyclic) bond motifs is 3. The number of piperidine rings is 3. The third-order valence-electron chi connectivity index (χ3n) is 8.05. The van der Waals surface area contributed by atoms with E-state index in [0.717, 1.165) is 23.4 Å². The van der Waals surface area contributed by atoms with Crippen LogP contribution in [0.2, 0.25) is 0 Å². The summed E-state index contributed by atoms with van der Waals surface area (Å²) in [5.74, 6) is 1.83. The first-order valence-corrected chi connectivity index (χ1v) is 12.9. The van der Waals surface area contributed by atoms with Gasteiger partial charge in [0.05, 0.1) is 12.7 Å². The Morgan fingerprint density at radius 3 is 2.09 bits per heavy atom. The highest BCUT2D eigenvalue weighted by molar-refractivity contribution is 5.40. The topological polar surface area (TPSA) is 44.7 Å². The lowest BCUT2D eigenvalue weighted by molar-refractivity contribution is 0.00460. The predicted octanol–water partition coefficient (Wildman–Crippen LogP) is 5.31. The van der Waals surface area contributed by atoms with Crippen LogP contribution in [0.3, 0.4) is 0 Å².